The molecule has 0 aliphatic heterocycles. The van der Waals surface area contributed by atoms with E-state index < -0.39 is 0 Å². The summed E-state index contributed by atoms with van der Waals surface area (Å²) in [5, 5.41) is 0. The second kappa shape index (κ2) is 7.14. The van der Waals surface area contributed by atoms with Crippen LogP contribution in [0.4, 0.5) is 0 Å². The number of nitrogens with zero attached hydrogens (tertiary/aromatic N) is 1. The van der Waals surface area contributed by atoms with Crippen LogP contribution in [0.25, 0.3) is 0 Å². The molecule has 0 unspecified atom stereocenters. The first-order chi connectivity index (χ1) is 7.58. The summed E-state index contributed by atoms with van der Waals surface area (Å²) < 4.78 is 5.17. The Bertz CT molecular complexity index is 383. The topological polar surface area (TPSA) is 55.6 Å². The van der Waals surface area contributed by atoms with E-state index in [0.717, 1.165) is 16.9 Å². The van der Waals surface area contributed by atoms with Crippen molar-refractivity contribution in [2.45, 2.75) is 13.5 Å². The molecule has 0 aliphatic carbocycles. The molecular formula is C12H19ClN2O2. The van der Waals surface area contributed by atoms with Gasteiger partial charge in [0.1, 0.15) is 5.75 Å². The van der Waals surface area contributed by atoms with E-state index in [-0.39, 0.29) is 24.9 Å². The average Bonchev–Trinajstić information content (AvgIpc) is 2.28. The molecule has 17 heavy (non-hydrogen) atoms. The van der Waals surface area contributed by atoms with Gasteiger partial charge in [-0.1, -0.05) is 12.1 Å². The maximum atomic E-state index is 11.3. The van der Waals surface area contributed by atoms with Crippen LogP contribution in [0.15, 0.2) is 18.2 Å². The molecule has 1 aromatic carbocycles. The van der Waals surface area contributed by atoms with E-state index in [0.29, 0.717) is 6.54 Å². The van der Waals surface area contributed by atoms with Crippen LogP contribution in [0.5, 0.6) is 5.75 Å². The zero-order chi connectivity index (χ0) is 12.1. The first-order valence-electron chi connectivity index (χ1n) is 5.16. The lowest BCUT2D eigenvalue weighted by molar-refractivity contribution is -0.128. The number of carbonyl (C=O) groups excluding carboxylic acids is 1. The number of hydrogen-bond acceptors (Lipinski definition) is 3. The van der Waals surface area contributed by atoms with Gasteiger partial charge in [-0.3, -0.25) is 4.79 Å². The van der Waals surface area contributed by atoms with Crippen LogP contribution in [0.1, 0.15) is 11.1 Å². The van der Waals surface area contributed by atoms with E-state index in [4.69, 9.17) is 10.5 Å². The predicted molar refractivity (Wildman–Crippen MR) is 70.5 cm³/mol. The number of benzene rings is 1. The molecule has 0 atom stereocenters. The number of methoxy groups -OCH3 is 1. The van der Waals surface area contributed by atoms with E-state index >= 15 is 0 Å². The normalized spacial score (nSPS) is 9.41. The zero-order valence-corrected chi connectivity index (χ0v) is 11.2. The Morgan fingerprint density at radius 2 is 2.12 bits per heavy atom. The van der Waals surface area contributed by atoms with Gasteiger partial charge in [0.2, 0.25) is 5.91 Å². The fraction of sp³-hybridized carbons (Fsp3) is 0.417. The minimum atomic E-state index is -0.0616. The van der Waals surface area contributed by atoms with E-state index in [1.807, 2.05) is 25.1 Å². The molecule has 0 saturated heterocycles. The van der Waals surface area contributed by atoms with Gasteiger partial charge in [0, 0.05) is 13.6 Å². The van der Waals surface area contributed by atoms with Gasteiger partial charge in [-0.15, -0.1) is 12.4 Å². The van der Waals surface area contributed by atoms with Crippen LogP contribution >= 0.6 is 12.4 Å². The molecule has 96 valence electrons. The van der Waals surface area contributed by atoms with Crippen molar-refractivity contribution in [3.05, 3.63) is 29.3 Å². The lowest BCUT2D eigenvalue weighted by Crippen LogP contribution is -2.32. The summed E-state index contributed by atoms with van der Waals surface area (Å²) >= 11 is 0. The zero-order valence-electron chi connectivity index (χ0n) is 10.4. The average molecular weight is 259 g/mol. The van der Waals surface area contributed by atoms with E-state index in [2.05, 4.69) is 0 Å². The van der Waals surface area contributed by atoms with Gasteiger partial charge < -0.3 is 15.4 Å². The number of carbonyl (C=O) groups is 1. The molecule has 0 aromatic heterocycles. The molecule has 0 spiro atoms. The Morgan fingerprint density at radius 1 is 1.47 bits per heavy atom. The molecular weight excluding hydrogens is 240 g/mol. The highest BCUT2D eigenvalue weighted by molar-refractivity contribution is 5.85. The summed E-state index contributed by atoms with van der Waals surface area (Å²) in [6.07, 6.45) is 0. The second-order valence-corrected chi connectivity index (χ2v) is 3.76. The third-order valence-electron chi connectivity index (χ3n) is 2.48. The summed E-state index contributed by atoms with van der Waals surface area (Å²) in [7, 11) is 3.39. The molecule has 1 aromatic rings. The molecule has 2 N–H and O–H groups in total. The summed E-state index contributed by atoms with van der Waals surface area (Å²) in [6.45, 7) is 2.60. The standard InChI is InChI=1S/C12H18N2O2.ClH/c1-9-6-10(4-5-11(9)16-3)8-14(2)12(15)7-13;/h4-6H,7-8,13H2,1-3H3;1H. The van der Waals surface area contributed by atoms with Crippen LogP contribution in [-0.2, 0) is 11.3 Å². The van der Waals surface area contributed by atoms with Crippen LogP contribution in [0.3, 0.4) is 0 Å². The highest BCUT2D eigenvalue weighted by Crippen LogP contribution is 2.19. The summed E-state index contributed by atoms with van der Waals surface area (Å²) in [6, 6.07) is 5.87. The van der Waals surface area contributed by atoms with Crippen molar-refractivity contribution in [1.29, 1.82) is 0 Å². The van der Waals surface area contributed by atoms with Gasteiger partial charge in [-0.25, -0.2) is 0 Å². The second-order valence-electron chi connectivity index (χ2n) is 3.76. The van der Waals surface area contributed by atoms with E-state index in [1.54, 1.807) is 19.1 Å². The molecule has 1 rings (SSSR count). The summed E-state index contributed by atoms with van der Waals surface area (Å²) in [4.78, 5) is 12.9. The minimum absolute atomic E-state index is 0. The molecule has 5 heteroatoms. The molecule has 1 amide bonds. The van der Waals surface area contributed by atoms with Crippen molar-refractivity contribution in [2.75, 3.05) is 20.7 Å². The number of amides is 1. The number of likely N-dealkylation sites (N-methyl/N-ethyl adjacent to an activating group) is 1. The van der Waals surface area contributed by atoms with Crippen LogP contribution in [0.2, 0.25) is 0 Å². The lowest BCUT2D eigenvalue weighted by atomic mass is 10.1. The Kier molecular flexibility index (Phi) is 6.61. The van der Waals surface area contributed by atoms with E-state index in [1.165, 1.54) is 0 Å². The Labute approximate surface area is 108 Å². The smallest absolute Gasteiger partial charge is 0.236 e. The number of hydrogen-bond donors (Lipinski definition) is 1. The monoisotopic (exact) mass is 258 g/mol. The Hall–Kier alpha value is -1.26. The maximum Gasteiger partial charge on any atom is 0.236 e. The molecule has 0 bridgehead atoms. The van der Waals surface area contributed by atoms with Crippen LogP contribution in [-0.4, -0.2) is 31.5 Å². The molecule has 0 heterocycles. The van der Waals surface area contributed by atoms with Crippen molar-refractivity contribution in [3.8, 4) is 5.75 Å². The number of rotatable bonds is 4. The Morgan fingerprint density at radius 3 is 2.59 bits per heavy atom. The molecule has 4 nitrogen and oxygen atoms in total. The third kappa shape index (κ3) is 4.24. The molecule has 0 saturated carbocycles. The van der Waals surface area contributed by atoms with Crippen molar-refractivity contribution in [2.24, 2.45) is 5.73 Å². The van der Waals surface area contributed by atoms with Gasteiger partial charge in [-0.2, -0.15) is 0 Å². The fourth-order valence-corrected chi connectivity index (χ4v) is 1.56. The SMILES string of the molecule is COc1ccc(CN(C)C(=O)CN)cc1C.Cl. The van der Waals surface area contributed by atoms with Crippen molar-refractivity contribution in [1.82, 2.24) is 4.90 Å². The largest absolute Gasteiger partial charge is 0.496 e. The molecule has 0 fully saturated rings. The maximum absolute atomic E-state index is 11.3. The Balaban J connectivity index is 0.00000256. The summed E-state index contributed by atoms with van der Waals surface area (Å²) in [5.74, 6) is 0.796. The van der Waals surface area contributed by atoms with Gasteiger partial charge in [0.05, 0.1) is 13.7 Å². The third-order valence-corrected chi connectivity index (χ3v) is 2.48. The predicted octanol–water partition coefficient (Wildman–Crippen LogP) is 1.34. The fourth-order valence-electron chi connectivity index (χ4n) is 1.56. The molecule has 0 radical (unpaired) electrons. The van der Waals surface area contributed by atoms with Crippen molar-refractivity contribution >= 4 is 18.3 Å². The number of nitrogens with two attached hydrogens (primary N) is 1. The van der Waals surface area contributed by atoms with Gasteiger partial charge in [-0.05, 0) is 24.1 Å². The van der Waals surface area contributed by atoms with E-state index in [9.17, 15) is 4.79 Å². The minimum Gasteiger partial charge on any atom is -0.496 e. The first-order valence-corrected chi connectivity index (χ1v) is 5.16. The lowest BCUT2D eigenvalue weighted by Gasteiger charge is -2.17. The highest BCUT2D eigenvalue weighted by atomic mass is 35.5. The molecule has 0 aliphatic rings. The van der Waals surface area contributed by atoms with Gasteiger partial charge >= 0.3 is 0 Å². The van der Waals surface area contributed by atoms with Crippen LogP contribution < -0.4 is 10.5 Å². The first kappa shape index (κ1) is 15.7. The van der Waals surface area contributed by atoms with Crippen molar-refractivity contribution in [3.63, 3.8) is 0 Å². The summed E-state index contributed by atoms with van der Waals surface area (Å²) in [5.41, 5.74) is 7.43. The number of aryl methyl sites for hydroxylation is 1. The quantitative estimate of drug-likeness (QED) is 0.887. The number of ether oxygens (including phenoxy) is 1. The number of halogens is 1. The van der Waals surface area contributed by atoms with Gasteiger partial charge in [0.25, 0.3) is 0 Å². The van der Waals surface area contributed by atoms with Gasteiger partial charge in [0.15, 0.2) is 0 Å². The highest BCUT2D eigenvalue weighted by Gasteiger charge is 2.07. The van der Waals surface area contributed by atoms with Crippen LogP contribution in [0, 0.1) is 6.92 Å². The van der Waals surface area contributed by atoms with Crippen molar-refractivity contribution < 1.29 is 9.53 Å².